The molecule has 21 heavy (non-hydrogen) atoms. The summed E-state index contributed by atoms with van der Waals surface area (Å²) in [5, 5.41) is 13.2. The molecule has 1 saturated carbocycles. The molecule has 2 N–H and O–H groups in total. The fourth-order valence-electron chi connectivity index (χ4n) is 3.16. The smallest absolute Gasteiger partial charge is 0.203 e. The largest absolute Gasteiger partial charge is 0.493 e. The van der Waals surface area contributed by atoms with Crippen LogP contribution in [0, 0.1) is 0 Å². The van der Waals surface area contributed by atoms with E-state index >= 15 is 0 Å². The SMILES string of the molecule is COc1cc(CNC2(CO)CCCC2)cc2c1OCCO2. The second kappa shape index (κ2) is 6.12. The van der Waals surface area contributed by atoms with Crippen LogP contribution in [0.1, 0.15) is 31.2 Å². The molecule has 3 rings (SSSR count). The maximum absolute atomic E-state index is 9.66. The minimum absolute atomic E-state index is 0.125. The van der Waals surface area contributed by atoms with E-state index in [9.17, 15) is 5.11 Å². The van der Waals surface area contributed by atoms with E-state index in [-0.39, 0.29) is 12.1 Å². The molecule has 1 aliphatic heterocycles. The summed E-state index contributed by atoms with van der Waals surface area (Å²) in [6.07, 6.45) is 4.42. The number of methoxy groups -OCH3 is 1. The zero-order valence-electron chi connectivity index (χ0n) is 12.5. The minimum Gasteiger partial charge on any atom is -0.493 e. The van der Waals surface area contributed by atoms with Crippen LogP contribution >= 0.6 is 0 Å². The van der Waals surface area contributed by atoms with Gasteiger partial charge < -0.3 is 24.6 Å². The average Bonchev–Trinajstić information content (AvgIpc) is 3.01. The molecule has 1 aliphatic carbocycles. The molecule has 1 aromatic rings. The molecule has 1 heterocycles. The fraction of sp³-hybridized carbons (Fsp3) is 0.625. The lowest BCUT2D eigenvalue weighted by Crippen LogP contribution is -2.45. The highest BCUT2D eigenvalue weighted by atomic mass is 16.6. The first kappa shape index (κ1) is 14.5. The van der Waals surface area contributed by atoms with Gasteiger partial charge in [0.05, 0.1) is 13.7 Å². The lowest BCUT2D eigenvalue weighted by Gasteiger charge is -2.28. The Morgan fingerprint density at radius 3 is 2.71 bits per heavy atom. The Morgan fingerprint density at radius 1 is 1.24 bits per heavy atom. The van der Waals surface area contributed by atoms with Crippen molar-refractivity contribution >= 4 is 0 Å². The molecule has 116 valence electrons. The zero-order chi connectivity index (χ0) is 14.7. The van der Waals surface area contributed by atoms with Gasteiger partial charge in [-0.25, -0.2) is 0 Å². The van der Waals surface area contributed by atoms with Crippen LogP contribution in [-0.4, -0.2) is 37.6 Å². The van der Waals surface area contributed by atoms with E-state index in [1.807, 2.05) is 12.1 Å². The summed E-state index contributed by atoms with van der Waals surface area (Å²) in [7, 11) is 1.64. The first-order valence-electron chi connectivity index (χ1n) is 7.59. The summed E-state index contributed by atoms with van der Waals surface area (Å²) in [6.45, 7) is 1.99. The molecule has 1 aromatic carbocycles. The standard InChI is InChI=1S/C16H23NO4/c1-19-13-8-12(9-14-15(13)21-7-6-20-14)10-17-16(11-18)4-2-3-5-16/h8-9,17-18H,2-7,10-11H2,1H3. The van der Waals surface area contributed by atoms with Crippen LogP contribution in [0.5, 0.6) is 17.2 Å². The highest BCUT2D eigenvalue weighted by molar-refractivity contribution is 5.54. The van der Waals surface area contributed by atoms with Gasteiger partial charge in [-0.15, -0.1) is 0 Å². The molecule has 0 atom stereocenters. The van der Waals surface area contributed by atoms with Crippen LogP contribution in [0.2, 0.25) is 0 Å². The van der Waals surface area contributed by atoms with Crippen molar-refractivity contribution in [3.8, 4) is 17.2 Å². The molecule has 2 aliphatic rings. The number of ether oxygens (including phenoxy) is 3. The maximum Gasteiger partial charge on any atom is 0.203 e. The Bertz CT molecular complexity index is 480. The molecule has 0 spiro atoms. The number of aliphatic hydroxyl groups excluding tert-OH is 1. The molecule has 5 heteroatoms. The molecule has 5 nitrogen and oxygen atoms in total. The van der Waals surface area contributed by atoms with Crippen molar-refractivity contribution in [1.29, 1.82) is 0 Å². The van der Waals surface area contributed by atoms with Gasteiger partial charge in [-0.3, -0.25) is 0 Å². The van der Waals surface area contributed by atoms with Crippen molar-refractivity contribution in [3.63, 3.8) is 0 Å². The number of benzene rings is 1. The van der Waals surface area contributed by atoms with E-state index in [0.29, 0.717) is 31.3 Å². The lowest BCUT2D eigenvalue weighted by molar-refractivity contribution is 0.160. The van der Waals surface area contributed by atoms with Gasteiger partial charge in [-0.2, -0.15) is 0 Å². The van der Waals surface area contributed by atoms with Gasteiger partial charge in [0.1, 0.15) is 13.2 Å². The third kappa shape index (κ3) is 2.94. The topological polar surface area (TPSA) is 60.0 Å². The Morgan fingerprint density at radius 2 is 2.00 bits per heavy atom. The van der Waals surface area contributed by atoms with Crippen molar-refractivity contribution in [1.82, 2.24) is 5.32 Å². The molecule has 0 radical (unpaired) electrons. The second-order valence-electron chi connectivity index (χ2n) is 5.82. The zero-order valence-corrected chi connectivity index (χ0v) is 12.5. The molecule has 0 saturated heterocycles. The summed E-state index contributed by atoms with van der Waals surface area (Å²) in [4.78, 5) is 0. The minimum atomic E-state index is -0.125. The predicted molar refractivity (Wildman–Crippen MR) is 79.1 cm³/mol. The monoisotopic (exact) mass is 293 g/mol. The number of hydrogen-bond donors (Lipinski definition) is 2. The van der Waals surface area contributed by atoms with Crippen LogP contribution in [0.3, 0.4) is 0 Å². The van der Waals surface area contributed by atoms with Crippen molar-refractivity contribution in [2.24, 2.45) is 0 Å². The predicted octanol–water partition coefficient (Wildman–Crippen LogP) is 1.86. The fourth-order valence-corrected chi connectivity index (χ4v) is 3.16. The van der Waals surface area contributed by atoms with Crippen molar-refractivity contribution in [3.05, 3.63) is 17.7 Å². The normalized spacial score (nSPS) is 19.5. The van der Waals surface area contributed by atoms with Gasteiger partial charge in [0.15, 0.2) is 11.5 Å². The molecule has 1 fully saturated rings. The highest BCUT2D eigenvalue weighted by Crippen LogP contribution is 2.40. The summed E-state index contributed by atoms with van der Waals surface area (Å²) in [6, 6.07) is 3.96. The van der Waals surface area contributed by atoms with Crippen molar-refractivity contribution < 1.29 is 19.3 Å². The van der Waals surface area contributed by atoms with E-state index in [4.69, 9.17) is 14.2 Å². The molecular weight excluding hydrogens is 270 g/mol. The van der Waals surface area contributed by atoms with E-state index in [1.54, 1.807) is 7.11 Å². The Labute approximate surface area is 125 Å². The molecule has 0 unspecified atom stereocenters. The molecule has 0 amide bonds. The number of rotatable bonds is 5. The summed E-state index contributed by atoms with van der Waals surface area (Å²) in [5.74, 6) is 2.13. The van der Waals surface area contributed by atoms with Gasteiger partial charge in [0.2, 0.25) is 5.75 Å². The summed E-state index contributed by atoms with van der Waals surface area (Å²) in [5.41, 5.74) is 0.955. The molecule has 0 bridgehead atoms. The Hall–Kier alpha value is -1.46. The van der Waals surface area contributed by atoms with Gasteiger partial charge in [0, 0.05) is 12.1 Å². The second-order valence-corrected chi connectivity index (χ2v) is 5.82. The van der Waals surface area contributed by atoms with E-state index in [2.05, 4.69) is 5.32 Å². The van der Waals surface area contributed by atoms with Crippen LogP contribution in [0.15, 0.2) is 12.1 Å². The number of nitrogens with one attached hydrogen (secondary N) is 1. The average molecular weight is 293 g/mol. The Kier molecular flexibility index (Phi) is 4.22. The highest BCUT2D eigenvalue weighted by Gasteiger charge is 2.32. The van der Waals surface area contributed by atoms with Crippen LogP contribution in [0.4, 0.5) is 0 Å². The van der Waals surface area contributed by atoms with E-state index in [0.717, 1.165) is 24.2 Å². The first-order valence-corrected chi connectivity index (χ1v) is 7.59. The molecular formula is C16H23NO4. The van der Waals surface area contributed by atoms with Gasteiger partial charge >= 0.3 is 0 Å². The van der Waals surface area contributed by atoms with Gasteiger partial charge in [-0.1, -0.05) is 12.8 Å². The number of fused-ring (bicyclic) bond motifs is 1. The summed E-state index contributed by atoms with van der Waals surface area (Å²) >= 11 is 0. The lowest BCUT2D eigenvalue weighted by atomic mass is 9.98. The van der Waals surface area contributed by atoms with Crippen LogP contribution in [-0.2, 0) is 6.54 Å². The summed E-state index contributed by atoms with van der Waals surface area (Å²) < 4.78 is 16.7. The van der Waals surface area contributed by atoms with Crippen molar-refractivity contribution in [2.75, 3.05) is 26.9 Å². The van der Waals surface area contributed by atoms with Gasteiger partial charge in [0.25, 0.3) is 0 Å². The van der Waals surface area contributed by atoms with E-state index in [1.165, 1.54) is 12.8 Å². The molecule has 0 aromatic heterocycles. The first-order chi connectivity index (χ1) is 10.3. The van der Waals surface area contributed by atoms with Crippen molar-refractivity contribution in [2.45, 2.75) is 37.8 Å². The number of aliphatic hydroxyl groups is 1. The van der Waals surface area contributed by atoms with E-state index < -0.39 is 0 Å². The number of hydrogen-bond acceptors (Lipinski definition) is 5. The third-order valence-corrected chi connectivity index (χ3v) is 4.42. The van der Waals surface area contributed by atoms with Crippen LogP contribution < -0.4 is 19.5 Å². The maximum atomic E-state index is 9.66. The quantitative estimate of drug-likeness (QED) is 0.868. The Balaban J connectivity index is 1.76. The third-order valence-electron chi connectivity index (χ3n) is 4.42. The van der Waals surface area contributed by atoms with Crippen LogP contribution in [0.25, 0.3) is 0 Å². The van der Waals surface area contributed by atoms with Gasteiger partial charge in [-0.05, 0) is 30.5 Å².